The van der Waals surface area contributed by atoms with Crippen molar-refractivity contribution in [3.8, 4) is 0 Å². The molecule has 1 aromatic carbocycles. The van der Waals surface area contributed by atoms with Crippen molar-refractivity contribution in [2.75, 3.05) is 5.32 Å². The molecular weight excluding hydrogens is 216 g/mol. The number of nitrogens with one attached hydrogen (secondary N) is 1. The van der Waals surface area contributed by atoms with Crippen LogP contribution in [0.2, 0.25) is 0 Å². The lowest BCUT2D eigenvalue weighted by atomic mass is 10.1. The lowest BCUT2D eigenvalue weighted by molar-refractivity contribution is -0.115. The standard InChI is InChI=1S/C13H14N2O2/c1-9-3-10(2)5-11(4-9)15-13(16)6-12-7-17-8-14-12/h3-5,7-8H,6H2,1-2H3,(H,15,16). The Bertz CT molecular complexity index is 498. The summed E-state index contributed by atoms with van der Waals surface area (Å²) in [5.74, 6) is -0.0936. The van der Waals surface area contributed by atoms with Gasteiger partial charge in [0.05, 0.1) is 12.1 Å². The van der Waals surface area contributed by atoms with E-state index in [1.807, 2.05) is 26.0 Å². The summed E-state index contributed by atoms with van der Waals surface area (Å²) >= 11 is 0. The zero-order chi connectivity index (χ0) is 12.3. The molecule has 2 aromatic rings. The van der Waals surface area contributed by atoms with Crippen LogP contribution in [0.4, 0.5) is 5.69 Å². The van der Waals surface area contributed by atoms with Crippen LogP contribution >= 0.6 is 0 Å². The van der Waals surface area contributed by atoms with Gasteiger partial charge in [0.25, 0.3) is 0 Å². The minimum Gasteiger partial charge on any atom is -0.451 e. The zero-order valence-corrected chi connectivity index (χ0v) is 9.86. The predicted octanol–water partition coefficient (Wildman–Crippen LogP) is 2.47. The predicted molar refractivity (Wildman–Crippen MR) is 64.8 cm³/mol. The van der Waals surface area contributed by atoms with Gasteiger partial charge in [-0.3, -0.25) is 4.79 Å². The highest BCUT2D eigenvalue weighted by Crippen LogP contribution is 2.14. The number of benzene rings is 1. The zero-order valence-electron chi connectivity index (χ0n) is 9.86. The van der Waals surface area contributed by atoms with Crippen molar-refractivity contribution in [1.82, 2.24) is 4.98 Å². The molecule has 0 saturated carbocycles. The van der Waals surface area contributed by atoms with Crippen molar-refractivity contribution in [3.05, 3.63) is 47.7 Å². The summed E-state index contributed by atoms with van der Waals surface area (Å²) in [6.45, 7) is 4.00. The lowest BCUT2D eigenvalue weighted by Gasteiger charge is -2.06. The topological polar surface area (TPSA) is 55.1 Å². The van der Waals surface area contributed by atoms with E-state index in [0.717, 1.165) is 16.8 Å². The first-order chi connectivity index (χ1) is 8.13. The summed E-state index contributed by atoms with van der Waals surface area (Å²) in [5.41, 5.74) is 3.70. The summed E-state index contributed by atoms with van der Waals surface area (Å²) < 4.78 is 4.81. The number of amides is 1. The van der Waals surface area contributed by atoms with Crippen molar-refractivity contribution >= 4 is 11.6 Å². The number of rotatable bonds is 3. The Morgan fingerprint density at radius 1 is 1.29 bits per heavy atom. The van der Waals surface area contributed by atoms with Crippen LogP contribution in [0, 0.1) is 13.8 Å². The Labute approximate surface area is 99.7 Å². The van der Waals surface area contributed by atoms with Gasteiger partial charge in [-0.1, -0.05) is 6.07 Å². The molecule has 0 bridgehead atoms. The SMILES string of the molecule is Cc1cc(C)cc(NC(=O)Cc2cocn2)c1. The normalized spacial score (nSPS) is 10.2. The number of carbonyl (C=O) groups excluding carboxylic acids is 1. The van der Waals surface area contributed by atoms with E-state index in [9.17, 15) is 4.79 Å². The molecule has 1 heterocycles. The average Bonchev–Trinajstić information content (AvgIpc) is 2.67. The second kappa shape index (κ2) is 4.82. The smallest absolute Gasteiger partial charge is 0.230 e. The van der Waals surface area contributed by atoms with Crippen LogP contribution in [0.25, 0.3) is 0 Å². The number of oxazole rings is 1. The van der Waals surface area contributed by atoms with E-state index < -0.39 is 0 Å². The van der Waals surface area contributed by atoms with E-state index in [4.69, 9.17) is 4.42 Å². The van der Waals surface area contributed by atoms with Gasteiger partial charge in [-0.25, -0.2) is 4.98 Å². The lowest BCUT2D eigenvalue weighted by Crippen LogP contribution is -2.14. The fourth-order valence-corrected chi connectivity index (χ4v) is 1.74. The quantitative estimate of drug-likeness (QED) is 0.881. The van der Waals surface area contributed by atoms with Crippen LogP contribution in [0.15, 0.2) is 35.3 Å². The van der Waals surface area contributed by atoms with E-state index in [-0.39, 0.29) is 12.3 Å². The fourth-order valence-electron chi connectivity index (χ4n) is 1.74. The van der Waals surface area contributed by atoms with Gasteiger partial charge in [0.1, 0.15) is 6.26 Å². The number of hydrogen-bond donors (Lipinski definition) is 1. The number of hydrogen-bond acceptors (Lipinski definition) is 3. The largest absolute Gasteiger partial charge is 0.451 e. The third-order valence-corrected chi connectivity index (χ3v) is 2.33. The van der Waals surface area contributed by atoms with Gasteiger partial charge in [-0.05, 0) is 37.1 Å². The van der Waals surface area contributed by atoms with Gasteiger partial charge in [0.15, 0.2) is 6.39 Å². The first-order valence-electron chi connectivity index (χ1n) is 5.39. The van der Waals surface area contributed by atoms with Crippen LogP contribution in [-0.2, 0) is 11.2 Å². The van der Waals surface area contributed by atoms with Crippen molar-refractivity contribution in [2.45, 2.75) is 20.3 Å². The minimum absolute atomic E-state index is 0.0936. The van der Waals surface area contributed by atoms with E-state index in [1.165, 1.54) is 12.7 Å². The highest BCUT2D eigenvalue weighted by atomic mass is 16.3. The maximum Gasteiger partial charge on any atom is 0.230 e. The Morgan fingerprint density at radius 2 is 2.00 bits per heavy atom. The van der Waals surface area contributed by atoms with E-state index in [0.29, 0.717) is 5.69 Å². The van der Waals surface area contributed by atoms with Gasteiger partial charge in [0.2, 0.25) is 5.91 Å². The molecule has 4 heteroatoms. The van der Waals surface area contributed by atoms with E-state index in [2.05, 4.69) is 16.4 Å². The Morgan fingerprint density at radius 3 is 2.59 bits per heavy atom. The molecule has 2 rings (SSSR count). The van der Waals surface area contributed by atoms with Crippen LogP contribution in [0.5, 0.6) is 0 Å². The monoisotopic (exact) mass is 230 g/mol. The summed E-state index contributed by atoms with van der Waals surface area (Å²) in [4.78, 5) is 15.6. The van der Waals surface area contributed by atoms with Gasteiger partial charge in [0, 0.05) is 5.69 Å². The molecular formula is C13H14N2O2. The maximum absolute atomic E-state index is 11.7. The molecule has 0 aliphatic heterocycles. The molecule has 0 unspecified atom stereocenters. The molecule has 4 nitrogen and oxygen atoms in total. The molecule has 1 N–H and O–H groups in total. The summed E-state index contributed by atoms with van der Waals surface area (Å²) in [5, 5.41) is 2.84. The summed E-state index contributed by atoms with van der Waals surface area (Å²) in [6.07, 6.45) is 3.02. The number of carbonyl (C=O) groups is 1. The fraction of sp³-hybridized carbons (Fsp3) is 0.231. The molecule has 88 valence electrons. The van der Waals surface area contributed by atoms with Crippen LogP contribution in [-0.4, -0.2) is 10.9 Å². The van der Waals surface area contributed by atoms with Crippen molar-refractivity contribution in [1.29, 1.82) is 0 Å². The first kappa shape index (κ1) is 11.4. The third-order valence-electron chi connectivity index (χ3n) is 2.33. The molecule has 1 aromatic heterocycles. The summed E-state index contributed by atoms with van der Waals surface area (Å²) in [6, 6.07) is 5.94. The minimum atomic E-state index is -0.0936. The van der Waals surface area contributed by atoms with Gasteiger partial charge in [-0.15, -0.1) is 0 Å². The van der Waals surface area contributed by atoms with E-state index in [1.54, 1.807) is 0 Å². The molecule has 0 radical (unpaired) electrons. The van der Waals surface area contributed by atoms with Crippen molar-refractivity contribution in [3.63, 3.8) is 0 Å². The molecule has 17 heavy (non-hydrogen) atoms. The highest BCUT2D eigenvalue weighted by Gasteiger charge is 2.06. The van der Waals surface area contributed by atoms with Crippen molar-refractivity contribution in [2.24, 2.45) is 0 Å². The van der Waals surface area contributed by atoms with Gasteiger partial charge in [-0.2, -0.15) is 0 Å². The Kier molecular flexibility index (Phi) is 3.23. The molecule has 1 amide bonds. The molecule has 0 aliphatic rings. The van der Waals surface area contributed by atoms with Crippen molar-refractivity contribution < 1.29 is 9.21 Å². The Balaban J connectivity index is 2.03. The molecule has 0 saturated heterocycles. The second-order valence-electron chi connectivity index (χ2n) is 4.08. The van der Waals surface area contributed by atoms with Gasteiger partial charge < -0.3 is 9.73 Å². The Hall–Kier alpha value is -2.10. The van der Waals surface area contributed by atoms with Gasteiger partial charge >= 0.3 is 0 Å². The maximum atomic E-state index is 11.7. The average molecular weight is 230 g/mol. The highest BCUT2D eigenvalue weighted by molar-refractivity contribution is 5.92. The molecule has 0 aliphatic carbocycles. The molecule has 0 fully saturated rings. The van der Waals surface area contributed by atoms with E-state index >= 15 is 0 Å². The number of aromatic nitrogens is 1. The summed E-state index contributed by atoms with van der Waals surface area (Å²) in [7, 11) is 0. The van der Waals surface area contributed by atoms with Crippen LogP contribution in [0.3, 0.4) is 0 Å². The van der Waals surface area contributed by atoms with Crippen LogP contribution < -0.4 is 5.32 Å². The number of nitrogens with zero attached hydrogens (tertiary/aromatic N) is 1. The van der Waals surface area contributed by atoms with Crippen LogP contribution in [0.1, 0.15) is 16.8 Å². The number of aryl methyl sites for hydroxylation is 2. The second-order valence-corrected chi connectivity index (χ2v) is 4.08. The molecule has 0 spiro atoms. The third kappa shape index (κ3) is 3.17. The molecule has 0 atom stereocenters. The number of anilines is 1. The first-order valence-corrected chi connectivity index (χ1v) is 5.39.